The monoisotopic (exact) mass is 337 g/mol. The van der Waals surface area contributed by atoms with Gasteiger partial charge in [-0.2, -0.15) is 0 Å². The summed E-state index contributed by atoms with van der Waals surface area (Å²) in [5.41, 5.74) is -0.0596. The van der Waals surface area contributed by atoms with Gasteiger partial charge in [0.05, 0.1) is 19.1 Å². The Hall–Kier alpha value is -2.74. The number of para-hydroxylation sites is 1. The molecule has 122 valence electrons. The Morgan fingerprint density at radius 1 is 1.13 bits per heavy atom. The quantitative estimate of drug-likeness (QED) is 0.840. The fraction of sp³-hybridized carbons (Fsp3) is 0.133. The minimum atomic E-state index is -3.58. The normalized spacial score (nSPS) is 10.9. The van der Waals surface area contributed by atoms with Crippen LogP contribution < -0.4 is 14.2 Å². The second kappa shape index (κ2) is 6.57. The maximum atomic E-state index is 11.5. The molecule has 0 heterocycles. The van der Waals surface area contributed by atoms with Gasteiger partial charge in [-0.1, -0.05) is 18.2 Å². The molecule has 0 atom stereocenters. The Kier molecular flexibility index (Phi) is 4.75. The molecule has 23 heavy (non-hydrogen) atoms. The standard InChI is InChI=1S/C15H15NO6S/c1-21-13-9-12(16-23(2,19)20)14(8-11(13)15(17)18)22-10-6-4-3-5-7-10/h3-9,16H,1-2H3,(H,17,18). The number of anilines is 1. The van der Waals surface area contributed by atoms with E-state index in [9.17, 15) is 18.3 Å². The number of hydrogen-bond donors (Lipinski definition) is 2. The fourth-order valence-electron chi connectivity index (χ4n) is 1.88. The Morgan fingerprint density at radius 2 is 1.78 bits per heavy atom. The van der Waals surface area contributed by atoms with Crippen LogP contribution in [0.1, 0.15) is 10.4 Å². The third-order valence-electron chi connectivity index (χ3n) is 2.80. The average Bonchev–Trinajstić information content (AvgIpc) is 2.48. The summed E-state index contributed by atoms with van der Waals surface area (Å²) in [4.78, 5) is 11.3. The van der Waals surface area contributed by atoms with Crippen molar-refractivity contribution in [2.75, 3.05) is 18.1 Å². The lowest BCUT2D eigenvalue weighted by Crippen LogP contribution is -2.11. The molecule has 0 aliphatic carbocycles. The van der Waals surface area contributed by atoms with Gasteiger partial charge in [-0.05, 0) is 12.1 Å². The number of nitrogens with one attached hydrogen (secondary N) is 1. The first kappa shape index (κ1) is 16.6. The van der Waals surface area contributed by atoms with E-state index in [1.54, 1.807) is 30.3 Å². The number of benzene rings is 2. The van der Waals surface area contributed by atoms with Crippen LogP contribution in [-0.2, 0) is 10.0 Å². The zero-order chi connectivity index (χ0) is 17.0. The summed E-state index contributed by atoms with van der Waals surface area (Å²) in [5.74, 6) is -0.708. The third-order valence-corrected chi connectivity index (χ3v) is 3.39. The maximum absolute atomic E-state index is 11.5. The van der Waals surface area contributed by atoms with Gasteiger partial charge in [0.2, 0.25) is 10.0 Å². The molecule has 0 saturated carbocycles. The lowest BCUT2D eigenvalue weighted by Gasteiger charge is -2.15. The van der Waals surface area contributed by atoms with Crippen molar-refractivity contribution in [3.8, 4) is 17.2 Å². The lowest BCUT2D eigenvalue weighted by atomic mass is 10.1. The van der Waals surface area contributed by atoms with Gasteiger partial charge in [-0.3, -0.25) is 4.72 Å². The molecule has 0 radical (unpaired) electrons. The predicted molar refractivity (Wildman–Crippen MR) is 84.9 cm³/mol. The van der Waals surface area contributed by atoms with Gasteiger partial charge >= 0.3 is 5.97 Å². The van der Waals surface area contributed by atoms with Crippen molar-refractivity contribution in [1.82, 2.24) is 0 Å². The van der Waals surface area contributed by atoms with E-state index in [1.807, 2.05) is 0 Å². The topological polar surface area (TPSA) is 102 Å². The van der Waals surface area contributed by atoms with E-state index in [2.05, 4.69) is 4.72 Å². The van der Waals surface area contributed by atoms with E-state index in [1.165, 1.54) is 19.2 Å². The minimum Gasteiger partial charge on any atom is -0.496 e. The molecular formula is C15H15NO6S. The third kappa shape index (κ3) is 4.36. The molecule has 7 nitrogen and oxygen atoms in total. The number of hydrogen-bond acceptors (Lipinski definition) is 5. The van der Waals surface area contributed by atoms with Gasteiger partial charge in [0.1, 0.15) is 17.1 Å². The number of rotatable bonds is 6. The summed E-state index contributed by atoms with van der Waals surface area (Å²) in [5, 5.41) is 9.24. The van der Waals surface area contributed by atoms with Gasteiger partial charge in [-0.15, -0.1) is 0 Å². The molecule has 0 fully saturated rings. The van der Waals surface area contributed by atoms with Crippen LogP contribution in [0.3, 0.4) is 0 Å². The van der Waals surface area contributed by atoms with Crippen LogP contribution in [-0.4, -0.2) is 32.9 Å². The zero-order valence-electron chi connectivity index (χ0n) is 12.4. The molecule has 0 aliphatic rings. The summed E-state index contributed by atoms with van der Waals surface area (Å²) < 4.78 is 35.9. The van der Waals surface area contributed by atoms with Crippen molar-refractivity contribution in [1.29, 1.82) is 0 Å². The highest BCUT2D eigenvalue weighted by Gasteiger charge is 2.19. The molecule has 2 rings (SSSR count). The average molecular weight is 337 g/mol. The summed E-state index contributed by atoms with van der Waals surface area (Å²) in [6, 6.07) is 11.1. The summed E-state index contributed by atoms with van der Waals surface area (Å²) in [7, 11) is -2.29. The van der Waals surface area contributed by atoms with Crippen molar-refractivity contribution < 1.29 is 27.8 Å². The molecule has 8 heteroatoms. The smallest absolute Gasteiger partial charge is 0.339 e. The highest BCUT2D eigenvalue weighted by molar-refractivity contribution is 7.92. The van der Waals surface area contributed by atoms with Gasteiger partial charge in [-0.25, -0.2) is 13.2 Å². The molecule has 0 bridgehead atoms. The predicted octanol–water partition coefficient (Wildman–Crippen LogP) is 2.56. The number of carboxylic acid groups (broad SMARTS) is 1. The second-order valence-electron chi connectivity index (χ2n) is 4.64. The molecule has 0 unspecified atom stereocenters. The molecule has 0 spiro atoms. The van der Waals surface area contributed by atoms with Crippen molar-refractivity contribution in [3.05, 3.63) is 48.0 Å². The fourth-order valence-corrected chi connectivity index (χ4v) is 2.43. The van der Waals surface area contributed by atoms with Gasteiger partial charge in [0, 0.05) is 12.1 Å². The van der Waals surface area contributed by atoms with Crippen LogP contribution in [0.2, 0.25) is 0 Å². The SMILES string of the molecule is COc1cc(NS(C)(=O)=O)c(Oc2ccccc2)cc1C(=O)O. The van der Waals surface area contributed by atoms with Crippen molar-refractivity contribution in [2.45, 2.75) is 0 Å². The zero-order valence-corrected chi connectivity index (χ0v) is 13.3. The van der Waals surface area contributed by atoms with Crippen molar-refractivity contribution >= 4 is 21.7 Å². The first-order valence-corrected chi connectivity index (χ1v) is 8.35. The van der Waals surface area contributed by atoms with E-state index in [0.717, 1.165) is 6.26 Å². The Labute approximate surface area is 133 Å². The Bertz CT molecular complexity index is 817. The minimum absolute atomic E-state index is 0.0176. The van der Waals surface area contributed by atoms with Crippen LogP contribution in [0.15, 0.2) is 42.5 Å². The van der Waals surface area contributed by atoms with E-state index >= 15 is 0 Å². The van der Waals surface area contributed by atoms with E-state index < -0.39 is 16.0 Å². The van der Waals surface area contributed by atoms with Crippen molar-refractivity contribution in [2.24, 2.45) is 0 Å². The van der Waals surface area contributed by atoms with E-state index in [-0.39, 0.29) is 22.7 Å². The number of aromatic carboxylic acids is 1. The number of methoxy groups -OCH3 is 1. The second-order valence-corrected chi connectivity index (χ2v) is 6.39. The number of sulfonamides is 1. The molecule has 0 amide bonds. The summed E-state index contributed by atoms with van der Waals surface area (Å²) in [6.07, 6.45) is 0.983. The van der Waals surface area contributed by atoms with Crippen LogP contribution in [0.25, 0.3) is 0 Å². The van der Waals surface area contributed by atoms with Gasteiger partial charge < -0.3 is 14.6 Å². The molecule has 0 saturated heterocycles. The summed E-state index contributed by atoms with van der Waals surface area (Å²) >= 11 is 0. The van der Waals surface area contributed by atoms with Crippen LogP contribution in [0.4, 0.5) is 5.69 Å². The Morgan fingerprint density at radius 3 is 2.30 bits per heavy atom. The highest BCUT2D eigenvalue weighted by atomic mass is 32.2. The van der Waals surface area contributed by atoms with Crippen LogP contribution >= 0.6 is 0 Å². The van der Waals surface area contributed by atoms with Crippen LogP contribution in [0.5, 0.6) is 17.2 Å². The first-order chi connectivity index (χ1) is 10.8. The molecular weight excluding hydrogens is 322 g/mol. The molecule has 2 aromatic carbocycles. The van der Waals surface area contributed by atoms with E-state index in [0.29, 0.717) is 5.75 Å². The van der Waals surface area contributed by atoms with E-state index in [4.69, 9.17) is 9.47 Å². The van der Waals surface area contributed by atoms with Gasteiger partial charge in [0.15, 0.2) is 5.75 Å². The Balaban J connectivity index is 2.55. The largest absolute Gasteiger partial charge is 0.496 e. The number of ether oxygens (including phenoxy) is 2. The summed E-state index contributed by atoms with van der Waals surface area (Å²) in [6.45, 7) is 0. The van der Waals surface area contributed by atoms with Gasteiger partial charge in [0.25, 0.3) is 0 Å². The van der Waals surface area contributed by atoms with Crippen molar-refractivity contribution in [3.63, 3.8) is 0 Å². The highest BCUT2D eigenvalue weighted by Crippen LogP contribution is 2.36. The first-order valence-electron chi connectivity index (χ1n) is 6.46. The lowest BCUT2D eigenvalue weighted by molar-refractivity contribution is 0.0693. The molecule has 0 aromatic heterocycles. The van der Waals surface area contributed by atoms with Crippen LogP contribution in [0, 0.1) is 0 Å². The molecule has 2 N–H and O–H groups in total. The maximum Gasteiger partial charge on any atom is 0.339 e. The number of carbonyl (C=O) groups is 1. The molecule has 2 aromatic rings. The number of carboxylic acids is 1. The molecule has 0 aliphatic heterocycles.